The van der Waals surface area contributed by atoms with Gasteiger partial charge in [-0.25, -0.2) is 0 Å². The van der Waals surface area contributed by atoms with Gasteiger partial charge in [-0.05, 0) is 36.2 Å². The van der Waals surface area contributed by atoms with E-state index in [0.717, 1.165) is 23.7 Å². The van der Waals surface area contributed by atoms with Crippen LogP contribution >= 0.6 is 11.6 Å². The molecule has 2 aromatic carbocycles. The number of nitro groups is 1. The van der Waals surface area contributed by atoms with Crippen LogP contribution in [-0.2, 0) is 11.2 Å². The lowest BCUT2D eigenvalue weighted by atomic mass is 10.1. The monoisotopic (exact) mass is 359 g/mol. The molecule has 0 spiro atoms. The fourth-order valence-electron chi connectivity index (χ4n) is 2.78. The zero-order valence-electron chi connectivity index (χ0n) is 13.3. The molecule has 0 saturated carbocycles. The van der Waals surface area contributed by atoms with Crippen molar-refractivity contribution in [1.29, 1.82) is 0 Å². The average Bonchev–Trinajstić information content (AvgIpc) is 2.98. The van der Waals surface area contributed by atoms with Gasteiger partial charge < -0.3 is 10.2 Å². The lowest BCUT2D eigenvalue weighted by Gasteiger charge is -2.16. The van der Waals surface area contributed by atoms with Crippen molar-refractivity contribution in [3.63, 3.8) is 0 Å². The van der Waals surface area contributed by atoms with E-state index in [-0.39, 0.29) is 22.2 Å². The van der Waals surface area contributed by atoms with Crippen LogP contribution in [-0.4, -0.2) is 23.3 Å². The van der Waals surface area contributed by atoms with Gasteiger partial charge in [-0.3, -0.25) is 19.7 Å². The Balaban J connectivity index is 1.85. The summed E-state index contributed by atoms with van der Waals surface area (Å²) in [7, 11) is 0. The highest BCUT2D eigenvalue weighted by atomic mass is 35.5. The smallest absolute Gasteiger partial charge is 0.288 e. The van der Waals surface area contributed by atoms with Gasteiger partial charge in [0.1, 0.15) is 5.02 Å². The Labute approximate surface area is 148 Å². The molecule has 0 unspecified atom stereocenters. The van der Waals surface area contributed by atoms with E-state index in [1.165, 1.54) is 19.1 Å². The summed E-state index contributed by atoms with van der Waals surface area (Å²) in [5.74, 6) is -0.553. The second-order valence-electron chi connectivity index (χ2n) is 5.64. The predicted molar refractivity (Wildman–Crippen MR) is 94.2 cm³/mol. The number of nitro benzene ring substituents is 1. The third-order valence-corrected chi connectivity index (χ3v) is 4.34. The Kier molecular flexibility index (Phi) is 4.41. The summed E-state index contributed by atoms with van der Waals surface area (Å²) in [5.41, 5.74) is 2.11. The van der Waals surface area contributed by atoms with Crippen LogP contribution in [0.25, 0.3) is 0 Å². The number of halogens is 1. The first kappa shape index (κ1) is 16.9. The maximum absolute atomic E-state index is 12.4. The maximum atomic E-state index is 12.4. The SMILES string of the molecule is CC(=O)N1CCc2ccc(NC(=O)c3ccc(Cl)c([N+](=O)[O-])c3)cc21. The fourth-order valence-corrected chi connectivity index (χ4v) is 2.97. The molecule has 2 aromatic rings. The summed E-state index contributed by atoms with van der Waals surface area (Å²) in [6, 6.07) is 9.19. The summed E-state index contributed by atoms with van der Waals surface area (Å²) in [6.45, 7) is 2.11. The quantitative estimate of drug-likeness (QED) is 0.671. The van der Waals surface area contributed by atoms with Gasteiger partial charge in [-0.1, -0.05) is 17.7 Å². The van der Waals surface area contributed by atoms with E-state index < -0.39 is 10.8 Å². The normalized spacial score (nSPS) is 12.6. The van der Waals surface area contributed by atoms with Crippen molar-refractivity contribution < 1.29 is 14.5 Å². The molecule has 0 aromatic heterocycles. The van der Waals surface area contributed by atoms with Gasteiger partial charge in [-0.2, -0.15) is 0 Å². The first-order valence-electron chi connectivity index (χ1n) is 7.53. The Morgan fingerprint density at radius 3 is 2.68 bits per heavy atom. The topological polar surface area (TPSA) is 92.6 Å². The Morgan fingerprint density at radius 1 is 1.24 bits per heavy atom. The van der Waals surface area contributed by atoms with Crippen LogP contribution in [0.1, 0.15) is 22.8 Å². The fraction of sp³-hybridized carbons (Fsp3) is 0.176. The molecule has 1 aliphatic rings. The number of nitrogens with one attached hydrogen (secondary N) is 1. The standard InChI is InChI=1S/C17H14ClN3O4/c1-10(22)20-7-6-11-2-4-13(9-15(11)20)19-17(23)12-3-5-14(18)16(8-12)21(24)25/h2-5,8-9H,6-7H2,1H3,(H,19,23). The van der Waals surface area contributed by atoms with E-state index in [1.54, 1.807) is 17.0 Å². The van der Waals surface area contributed by atoms with Crippen LogP contribution in [0.5, 0.6) is 0 Å². The summed E-state index contributed by atoms with van der Waals surface area (Å²) >= 11 is 5.75. The van der Waals surface area contributed by atoms with Crippen molar-refractivity contribution in [3.8, 4) is 0 Å². The van der Waals surface area contributed by atoms with Crippen LogP contribution < -0.4 is 10.2 Å². The van der Waals surface area contributed by atoms with Gasteiger partial charge in [0.2, 0.25) is 5.91 Å². The van der Waals surface area contributed by atoms with Gasteiger partial charge in [0, 0.05) is 36.5 Å². The van der Waals surface area contributed by atoms with Crippen LogP contribution in [0, 0.1) is 10.1 Å². The predicted octanol–water partition coefficient (Wildman–Crippen LogP) is 3.41. The number of carbonyl (C=O) groups is 2. The molecule has 0 aliphatic carbocycles. The molecule has 8 heteroatoms. The van der Waals surface area contributed by atoms with E-state index >= 15 is 0 Å². The van der Waals surface area contributed by atoms with Gasteiger partial charge in [0.05, 0.1) is 4.92 Å². The molecular formula is C17H14ClN3O4. The molecule has 7 nitrogen and oxygen atoms in total. The largest absolute Gasteiger partial charge is 0.322 e. The summed E-state index contributed by atoms with van der Waals surface area (Å²) in [4.78, 5) is 36.0. The number of benzene rings is 2. The summed E-state index contributed by atoms with van der Waals surface area (Å²) in [5, 5.41) is 13.6. The molecule has 3 rings (SSSR count). The Hall–Kier alpha value is -2.93. The third-order valence-electron chi connectivity index (χ3n) is 4.02. The van der Waals surface area contributed by atoms with Crippen molar-refractivity contribution in [1.82, 2.24) is 0 Å². The van der Waals surface area contributed by atoms with Crippen molar-refractivity contribution in [2.45, 2.75) is 13.3 Å². The van der Waals surface area contributed by atoms with Crippen molar-refractivity contribution in [2.75, 3.05) is 16.8 Å². The highest BCUT2D eigenvalue weighted by Gasteiger charge is 2.23. The molecule has 1 aliphatic heterocycles. The number of fused-ring (bicyclic) bond motifs is 1. The minimum Gasteiger partial charge on any atom is -0.322 e. The highest BCUT2D eigenvalue weighted by Crippen LogP contribution is 2.31. The molecule has 0 bridgehead atoms. The first-order valence-corrected chi connectivity index (χ1v) is 7.91. The number of nitrogens with zero attached hydrogens (tertiary/aromatic N) is 2. The molecule has 2 amide bonds. The lowest BCUT2D eigenvalue weighted by Crippen LogP contribution is -2.25. The van der Waals surface area contributed by atoms with Gasteiger partial charge >= 0.3 is 0 Å². The van der Waals surface area contributed by atoms with Crippen molar-refractivity contribution >= 4 is 40.5 Å². The zero-order chi connectivity index (χ0) is 18.1. The zero-order valence-corrected chi connectivity index (χ0v) is 14.0. The lowest BCUT2D eigenvalue weighted by molar-refractivity contribution is -0.384. The molecular weight excluding hydrogens is 346 g/mol. The van der Waals surface area contributed by atoms with E-state index in [4.69, 9.17) is 11.6 Å². The average molecular weight is 360 g/mol. The molecule has 1 heterocycles. The van der Waals surface area contributed by atoms with Crippen LogP contribution in [0.3, 0.4) is 0 Å². The molecule has 0 atom stereocenters. The third kappa shape index (κ3) is 3.32. The number of hydrogen-bond donors (Lipinski definition) is 1. The first-order chi connectivity index (χ1) is 11.9. The second-order valence-corrected chi connectivity index (χ2v) is 6.05. The minimum atomic E-state index is -0.640. The van der Waals surface area contributed by atoms with Gasteiger partial charge in [0.15, 0.2) is 0 Å². The van der Waals surface area contributed by atoms with E-state index in [0.29, 0.717) is 12.2 Å². The van der Waals surface area contributed by atoms with Crippen LogP contribution in [0.15, 0.2) is 36.4 Å². The van der Waals surface area contributed by atoms with Crippen LogP contribution in [0.4, 0.5) is 17.1 Å². The Bertz CT molecular complexity index is 897. The number of carbonyl (C=O) groups excluding carboxylic acids is 2. The number of hydrogen-bond acceptors (Lipinski definition) is 4. The van der Waals surface area contributed by atoms with E-state index in [9.17, 15) is 19.7 Å². The molecule has 0 saturated heterocycles. The van der Waals surface area contributed by atoms with E-state index in [1.807, 2.05) is 6.07 Å². The second kappa shape index (κ2) is 6.52. The molecule has 0 radical (unpaired) electrons. The number of anilines is 2. The molecule has 25 heavy (non-hydrogen) atoms. The van der Waals surface area contributed by atoms with Crippen molar-refractivity contribution in [3.05, 3.63) is 62.7 Å². The number of amides is 2. The maximum Gasteiger partial charge on any atom is 0.288 e. The van der Waals surface area contributed by atoms with Crippen LogP contribution in [0.2, 0.25) is 5.02 Å². The number of rotatable bonds is 3. The summed E-state index contributed by atoms with van der Waals surface area (Å²) in [6.07, 6.45) is 0.770. The minimum absolute atomic E-state index is 0.0313. The molecule has 1 N–H and O–H groups in total. The molecule has 0 fully saturated rings. The Morgan fingerprint density at radius 2 is 2.00 bits per heavy atom. The van der Waals surface area contributed by atoms with E-state index in [2.05, 4.69) is 5.32 Å². The highest BCUT2D eigenvalue weighted by molar-refractivity contribution is 6.32. The van der Waals surface area contributed by atoms with Gasteiger partial charge in [0.25, 0.3) is 11.6 Å². The summed E-state index contributed by atoms with van der Waals surface area (Å²) < 4.78 is 0. The van der Waals surface area contributed by atoms with Crippen molar-refractivity contribution in [2.24, 2.45) is 0 Å². The molecule has 128 valence electrons. The van der Waals surface area contributed by atoms with Gasteiger partial charge in [-0.15, -0.1) is 0 Å².